The lowest BCUT2D eigenvalue weighted by Gasteiger charge is -2.29. The lowest BCUT2D eigenvalue weighted by atomic mass is 10.0. The van der Waals surface area contributed by atoms with Crippen LogP contribution in [-0.4, -0.2) is 65.3 Å². The van der Waals surface area contributed by atoms with E-state index in [9.17, 15) is 14.7 Å². The number of hydrogen-bond donors (Lipinski definition) is 3. The van der Waals surface area contributed by atoms with Crippen LogP contribution >= 0.6 is 11.6 Å². The van der Waals surface area contributed by atoms with Gasteiger partial charge in [-0.1, -0.05) is 11.6 Å². The Bertz CT molecular complexity index is 1100. The van der Waals surface area contributed by atoms with Gasteiger partial charge in [-0.05, 0) is 43.7 Å². The maximum atomic E-state index is 12.7. The minimum Gasteiger partial charge on any atom is -0.390 e. The molecule has 2 aliphatic rings. The van der Waals surface area contributed by atoms with Gasteiger partial charge < -0.3 is 25.5 Å². The Hall–Kier alpha value is -2.65. The van der Waals surface area contributed by atoms with Gasteiger partial charge in [-0.15, -0.1) is 0 Å². The van der Waals surface area contributed by atoms with Gasteiger partial charge in [0, 0.05) is 47.3 Å². The van der Waals surface area contributed by atoms with Crippen LogP contribution in [0.5, 0.6) is 0 Å². The summed E-state index contributed by atoms with van der Waals surface area (Å²) >= 11 is 6.15. The first-order valence-corrected chi connectivity index (χ1v) is 10.9. The topological polar surface area (TPSA) is 110 Å². The second-order valence-corrected chi connectivity index (χ2v) is 8.65. The zero-order valence-corrected chi connectivity index (χ0v) is 18.9. The summed E-state index contributed by atoms with van der Waals surface area (Å²) in [6.07, 6.45) is 1.07. The van der Waals surface area contributed by atoms with Gasteiger partial charge in [-0.2, -0.15) is 0 Å². The summed E-state index contributed by atoms with van der Waals surface area (Å²) in [5, 5.41) is 14.2. The van der Waals surface area contributed by atoms with Crippen molar-refractivity contribution in [2.24, 2.45) is 5.73 Å². The second kappa shape index (κ2) is 9.07. The largest absolute Gasteiger partial charge is 0.390 e. The molecule has 32 heavy (non-hydrogen) atoms. The first kappa shape index (κ1) is 22.5. The summed E-state index contributed by atoms with van der Waals surface area (Å²) in [6.45, 7) is 7.18. The first-order valence-electron chi connectivity index (χ1n) is 10.6. The number of ether oxygens (including phenoxy) is 1. The fourth-order valence-electron chi connectivity index (χ4n) is 4.49. The highest BCUT2D eigenvalue weighted by atomic mass is 35.5. The number of hydrogen-bond acceptors (Lipinski definition) is 5. The highest BCUT2D eigenvalue weighted by molar-refractivity contribution is 6.36. The van der Waals surface area contributed by atoms with E-state index in [0.29, 0.717) is 64.1 Å². The molecule has 1 atom stereocenters. The molecular weight excluding hydrogens is 432 g/mol. The molecule has 170 valence electrons. The third-order valence-electron chi connectivity index (χ3n) is 6.07. The maximum Gasteiger partial charge on any atom is 0.256 e. The fraction of sp³-hybridized carbons (Fsp3) is 0.391. The summed E-state index contributed by atoms with van der Waals surface area (Å²) in [5.74, 6) is -0.790. The van der Waals surface area contributed by atoms with Crippen molar-refractivity contribution in [2.45, 2.75) is 26.5 Å². The monoisotopic (exact) mass is 458 g/mol. The minimum absolute atomic E-state index is 0.249. The number of anilines is 1. The third-order valence-corrected chi connectivity index (χ3v) is 6.31. The minimum atomic E-state index is -0.671. The summed E-state index contributed by atoms with van der Waals surface area (Å²) in [4.78, 5) is 27.0. The zero-order chi connectivity index (χ0) is 23.0. The van der Waals surface area contributed by atoms with Gasteiger partial charge in [0.25, 0.3) is 11.8 Å². The number of amides is 2. The standard InChI is InChI=1S/C23H27ClN4O4/c1-13-20(10-18-17-9-15(24)3-4-19(17)26-23(18)31)28(14(2)21(13)22(25)30)12-16(29)11-27-5-7-32-8-6-27/h3-4,9-10,16,29H,5-8,11-12H2,1-2H3,(H2,25,30)(H,26,31)/b18-10-/t16-/m0/s1. The van der Waals surface area contributed by atoms with Gasteiger partial charge in [0.1, 0.15) is 0 Å². The Morgan fingerprint density at radius 1 is 1.31 bits per heavy atom. The van der Waals surface area contributed by atoms with Crippen LogP contribution in [0.3, 0.4) is 0 Å². The number of primary amides is 1. The number of fused-ring (bicyclic) bond motifs is 1. The Morgan fingerprint density at radius 3 is 2.72 bits per heavy atom. The van der Waals surface area contributed by atoms with Crippen LogP contribution in [0.4, 0.5) is 5.69 Å². The molecule has 2 aromatic rings. The van der Waals surface area contributed by atoms with E-state index in [-0.39, 0.29) is 12.5 Å². The van der Waals surface area contributed by atoms with E-state index in [1.54, 1.807) is 38.1 Å². The zero-order valence-electron chi connectivity index (χ0n) is 18.2. The van der Waals surface area contributed by atoms with Crippen molar-refractivity contribution < 1.29 is 19.4 Å². The first-order chi connectivity index (χ1) is 15.3. The molecule has 1 aromatic carbocycles. The van der Waals surface area contributed by atoms with E-state index < -0.39 is 12.0 Å². The summed E-state index contributed by atoms with van der Waals surface area (Å²) < 4.78 is 7.23. The molecule has 1 aromatic heterocycles. The van der Waals surface area contributed by atoms with Crippen LogP contribution in [0.2, 0.25) is 5.02 Å². The number of benzene rings is 1. The quantitative estimate of drug-likeness (QED) is 0.574. The number of nitrogens with one attached hydrogen (secondary N) is 1. The van der Waals surface area contributed by atoms with Gasteiger partial charge in [0.15, 0.2) is 0 Å². The molecule has 3 heterocycles. The molecule has 8 nitrogen and oxygen atoms in total. The Kier molecular flexibility index (Phi) is 6.39. The third kappa shape index (κ3) is 4.31. The molecule has 0 aliphatic carbocycles. The number of carbonyl (C=O) groups is 2. The predicted octanol–water partition coefficient (Wildman–Crippen LogP) is 2.04. The Morgan fingerprint density at radius 2 is 2.03 bits per heavy atom. The molecule has 0 unspecified atom stereocenters. The molecule has 1 fully saturated rings. The molecule has 2 amide bonds. The van der Waals surface area contributed by atoms with Crippen molar-refractivity contribution in [1.82, 2.24) is 9.47 Å². The molecule has 1 saturated heterocycles. The van der Waals surface area contributed by atoms with Crippen LogP contribution in [-0.2, 0) is 16.1 Å². The molecule has 4 rings (SSSR count). The number of aliphatic hydroxyl groups is 1. The van der Waals surface area contributed by atoms with E-state index in [1.165, 1.54) is 0 Å². The van der Waals surface area contributed by atoms with Crippen LogP contribution in [0, 0.1) is 13.8 Å². The number of aromatic nitrogens is 1. The van der Waals surface area contributed by atoms with E-state index >= 15 is 0 Å². The molecular formula is C23H27ClN4O4. The number of rotatable bonds is 6. The second-order valence-electron chi connectivity index (χ2n) is 8.21. The molecule has 9 heteroatoms. The number of nitrogens with two attached hydrogens (primary N) is 1. The van der Waals surface area contributed by atoms with Crippen molar-refractivity contribution in [3.63, 3.8) is 0 Å². The number of nitrogens with zero attached hydrogens (tertiary/aromatic N) is 2. The van der Waals surface area contributed by atoms with Crippen LogP contribution in [0.25, 0.3) is 11.6 Å². The maximum absolute atomic E-state index is 12.7. The number of carbonyl (C=O) groups excluding carboxylic acids is 2. The molecule has 4 N–H and O–H groups in total. The summed E-state index contributed by atoms with van der Waals surface area (Å²) in [6, 6.07) is 5.21. The predicted molar refractivity (Wildman–Crippen MR) is 124 cm³/mol. The highest BCUT2D eigenvalue weighted by Gasteiger charge is 2.28. The molecule has 0 spiro atoms. The van der Waals surface area contributed by atoms with Crippen LogP contribution in [0.1, 0.15) is 32.9 Å². The van der Waals surface area contributed by atoms with Gasteiger partial charge in [-0.25, -0.2) is 0 Å². The van der Waals surface area contributed by atoms with Crippen molar-refractivity contribution in [3.8, 4) is 0 Å². The van der Waals surface area contributed by atoms with Crippen molar-refractivity contribution in [3.05, 3.63) is 51.3 Å². The molecule has 2 aliphatic heterocycles. The average molecular weight is 459 g/mol. The van der Waals surface area contributed by atoms with Crippen LogP contribution < -0.4 is 11.1 Å². The number of morpholine rings is 1. The van der Waals surface area contributed by atoms with Crippen molar-refractivity contribution in [2.75, 3.05) is 38.2 Å². The summed E-state index contributed by atoms with van der Waals surface area (Å²) in [5.41, 5.74) is 9.88. The van der Waals surface area contributed by atoms with Gasteiger partial charge >= 0.3 is 0 Å². The molecule has 0 radical (unpaired) electrons. The fourth-order valence-corrected chi connectivity index (χ4v) is 4.66. The molecule has 0 bridgehead atoms. The Labute approximate surface area is 191 Å². The normalized spacial score (nSPS) is 18.6. The van der Waals surface area contributed by atoms with Gasteiger partial charge in [0.2, 0.25) is 0 Å². The lowest BCUT2D eigenvalue weighted by Crippen LogP contribution is -2.42. The lowest BCUT2D eigenvalue weighted by molar-refractivity contribution is -0.110. The van der Waals surface area contributed by atoms with Crippen molar-refractivity contribution >= 4 is 40.8 Å². The number of β-amino-alcohol motifs (C(OH)–C–C–N with tert-alkyl or cyclic N) is 1. The average Bonchev–Trinajstić information content (AvgIpc) is 3.16. The Balaban J connectivity index is 1.73. The molecule has 0 saturated carbocycles. The number of halogens is 1. The van der Waals surface area contributed by atoms with Crippen LogP contribution in [0.15, 0.2) is 18.2 Å². The van der Waals surface area contributed by atoms with Gasteiger partial charge in [0.05, 0.1) is 37.0 Å². The number of aliphatic hydroxyl groups excluding tert-OH is 1. The van der Waals surface area contributed by atoms with E-state index in [4.69, 9.17) is 22.1 Å². The van der Waals surface area contributed by atoms with Gasteiger partial charge in [-0.3, -0.25) is 14.5 Å². The highest BCUT2D eigenvalue weighted by Crippen LogP contribution is 2.36. The van der Waals surface area contributed by atoms with E-state index in [2.05, 4.69) is 10.2 Å². The summed E-state index contributed by atoms with van der Waals surface area (Å²) in [7, 11) is 0. The van der Waals surface area contributed by atoms with E-state index in [1.807, 2.05) is 4.57 Å². The van der Waals surface area contributed by atoms with E-state index in [0.717, 1.165) is 13.1 Å². The SMILES string of the molecule is Cc1c(C(N)=O)c(C)n(C[C@@H](O)CN2CCOCC2)c1/C=C1\C(=O)Nc2ccc(Cl)cc21. The van der Waals surface area contributed by atoms with Crippen molar-refractivity contribution in [1.29, 1.82) is 0 Å². The smallest absolute Gasteiger partial charge is 0.256 e.